The quantitative estimate of drug-likeness (QED) is 0.613. The Labute approximate surface area is 105 Å². The summed E-state index contributed by atoms with van der Waals surface area (Å²) < 4.78 is 40.2. The highest BCUT2D eigenvalue weighted by Crippen LogP contribution is 2.53. The van der Waals surface area contributed by atoms with Crippen LogP contribution in [0.15, 0.2) is 42.5 Å². The molecule has 0 nitrogen and oxygen atoms in total. The molecule has 1 unspecified atom stereocenters. The highest BCUT2D eigenvalue weighted by Gasteiger charge is 2.48. The monoisotopic (exact) mass is 267 g/mol. The molecule has 3 rings (SSSR count). The first kappa shape index (κ1) is 11.5. The molecule has 0 aliphatic heterocycles. The van der Waals surface area contributed by atoms with E-state index in [1.54, 1.807) is 36.4 Å². The molecule has 0 fully saturated rings. The second-order valence-electron chi connectivity index (χ2n) is 4.28. The zero-order valence-corrected chi connectivity index (χ0v) is 10.4. The molecule has 1 aromatic carbocycles. The van der Waals surface area contributed by atoms with E-state index >= 15 is 0 Å². The van der Waals surface area contributed by atoms with Gasteiger partial charge in [-0.1, -0.05) is 12.1 Å². The van der Waals surface area contributed by atoms with Gasteiger partial charge in [-0.15, -0.1) is 13.2 Å². The third kappa shape index (κ3) is 1.68. The van der Waals surface area contributed by atoms with Gasteiger partial charge < -0.3 is 0 Å². The zero-order valence-electron chi connectivity index (χ0n) is 9.58. The first-order chi connectivity index (χ1) is 8.47. The van der Waals surface area contributed by atoms with E-state index in [9.17, 15) is 13.2 Å². The number of halogens is 3. The Kier molecular flexibility index (Phi) is 2.38. The van der Waals surface area contributed by atoms with Crippen molar-refractivity contribution in [1.82, 2.24) is 0 Å². The summed E-state index contributed by atoms with van der Waals surface area (Å²) in [5.74, 6) is 0. The van der Waals surface area contributed by atoms with E-state index in [0.717, 1.165) is 5.56 Å². The van der Waals surface area contributed by atoms with Gasteiger partial charge in [0.25, 0.3) is 0 Å². The van der Waals surface area contributed by atoms with Crippen molar-refractivity contribution in [2.45, 2.75) is 12.4 Å². The van der Waals surface area contributed by atoms with Crippen LogP contribution in [0.5, 0.6) is 0 Å². The average molecular weight is 267 g/mol. The van der Waals surface area contributed by atoms with Crippen LogP contribution < -0.4 is 0 Å². The molecular formula is C14H10F3S+. The molecule has 0 saturated carbocycles. The van der Waals surface area contributed by atoms with Crippen LogP contribution in [-0.2, 0) is 5.51 Å². The molecule has 0 amide bonds. The standard InChI is InChI=1S/C14H10F3S/c1-9-5-6-11-8-13(10-3-2-4-10)18(12(11)7-9)14(15,16)17/h2-8H,1H3/q+1. The number of hydrogen-bond donors (Lipinski definition) is 0. The van der Waals surface area contributed by atoms with Crippen molar-refractivity contribution < 1.29 is 13.2 Å². The molecule has 0 radical (unpaired) electrons. The summed E-state index contributed by atoms with van der Waals surface area (Å²) in [5, 5.41) is 0.692. The molecule has 92 valence electrons. The van der Waals surface area contributed by atoms with Crippen molar-refractivity contribution in [3.63, 3.8) is 0 Å². The van der Waals surface area contributed by atoms with Crippen LogP contribution >= 0.6 is 10.5 Å². The third-order valence-corrected chi connectivity index (χ3v) is 5.01. The maximum Gasteiger partial charge on any atom is 0.601 e. The lowest BCUT2D eigenvalue weighted by Gasteiger charge is -2.04. The predicted octanol–water partition coefficient (Wildman–Crippen LogP) is 5.33. The van der Waals surface area contributed by atoms with Gasteiger partial charge >= 0.3 is 5.51 Å². The van der Waals surface area contributed by atoms with Crippen LogP contribution in [0.1, 0.15) is 10.4 Å². The normalized spacial score (nSPS) is 15.8. The third-order valence-electron chi connectivity index (χ3n) is 2.96. The van der Waals surface area contributed by atoms with Gasteiger partial charge in [0.2, 0.25) is 0 Å². The Hall–Kier alpha value is -1.55. The van der Waals surface area contributed by atoms with E-state index in [1.807, 2.05) is 13.0 Å². The van der Waals surface area contributed by atoms with Crippen LogP contribution in [-0.4, -0.2) is 0 Å². The Morgan fingerprint density at radius 1 is 1.11 bits per heavy atom. The number of rotatable bonds is 1. The van der Waals surface area contributed by atoms with E-state index in [0.29, 0.717) is 20.5 Å². The second-order valence-corrected chi connectivity index (χ2v) is 6.24. The van der Waals surface area contributed by atoms with Crippen molar-refractivity contribution in [3.8, 4) is 0 Å². The Balaban J connectivity index is 2.35. The first-order valence-electron chi connectivity index (χ1n) is 5.49. The number of thiophene rings is 1. The van der Waals surface area contributed by atoms with Crippen LogP contribution in [0.2, 0.25) is 0 Å². The minimum absolute atomic E-state index is 0.394. The van der Waals surface area contributed by atoms with Crippen molar-refractivity contribution in [1.29, 1.82) is 0 Å². The summed E-state index contributed by atoms with van der Waals surface area (Å²) in [4.78, 5) is 0.394. The summed E-state index contributed by atoms with van der Waals surface area (Å²) in [6, 6.07) is 6.94. The molecule has 1 heterocycles. The van der Waals surface area contributed by atoms with Crippen molar-refractivity contribution >= 4 is 26.1 Å². The lowest BCUT2D eigenvalue weighted by atomic mass is 10.1. The smallest absolute Gasteiger partial charge is 0.118 e. The minimum atomic E-state index is -4.21. The fraction of sp³-hybridized carbons (Fsp3) is 0.143. The predicted molar refractivity (Wildman–Crippen MR) is 69.6 cm³/mol. The highest BCUT2D eigenvalue weighted by atomic mass is 32.2. The topological polar surface area (TPSA) is 0 Å². The lowest BCUT2D eigenvalue weighted by Crippen LogP contribution is -1.98. The fourth-order valence-corrected chi connectivity index (χ4v) is 4.08. The van der Waals surface area contributed by atoms with Crippen LogP contribution in [0.25, 0.3) is 15.7 Å². The Morgan fingerprint density at radius 2 is 1.83 bits per heavy atom. The summed E-state index contributed by atoms with van der Waals surface area (Å²) >= 11 is 0. The van der Waals surface area contributed by atoms with Crippen molar-refractivity contribution in [3.05, 3.63) is 52.9 Å². The molecule has 1 aliphatic carbocycles. The maximum atomic E-state index is 13.3. The van der Waals surface area contributed by atoms with Gasteiger partial charge in [0.15, 0.2) is 9.58 Å². The number of allylic oxidation sites excluding steroid dienone is 4. The number of aryl methyl sites for hydroxylation is 1. The molecule has 0 bridgehead atoms. The Bertz CT molecular complexity index is 687. The van der Waals surface area contributed by atoms with E-state index in [4.69, 9.17) is 0 Å². The number of benzene rings is 1. The van der Waals surface area contributed by atoms with Gasteiger partial charge in [-0.2, -0.15) is 0 Å². The molecule has 1 aliphatic rings. The summed E-state index contributed by atoms with van der Waals surface area (Å²) in [5.41, 5.74) is -2.65. The van der Waals surface area contributed by atoms with Gasteiger partial charge in [0, 0.05) is 23.1 Å². The van der Waals surface area contributed by atoms with Gasteiger partial charge in [-0.05, 0) is 30.7 Å². The molecule has 2 aromatic rings. The SMILES string of the molecule is Cc1ccc2cc(C3=CC=C3)[s+](C(F)(F)F)c2c1. The number of hydrogen-bond acceptors (Lipinski definition) is 0. The van der Waals surface area contributed by atoms with E-state index in [-0.39, 0.29) is 0 Å². The lowest BCUT2D eigenvalue weighted by molar-refractivity contribution is -0.0866. The zero-order chi connectivity index (χ0) is 12.9. The molecule has 0 N–H and O–H groups in total. The largest absolute Gasteiger partial charge is 0.601 e. The molecule has 0 spiro atoms. The maximum absolute atomic E-state index is 13.3. The van der Waals surface area contributed by atoms with Gasteiger partial charge in [-0.3, -0.25) is 0 Å². The van der Waals surface area contributed by atoms with E-state index < -0.39 is 16.0 Å². The van der Waals surface area contributed by atoms with Gasteiger partial charge in [0.1, 0.15) is 10.5 Å². The Morgan fingerprint density at radius 3 is 2.39 bits per heavy atom. The molecule has 4 heteroatoms. The minimum Gasteiger partial charge on any atom is -0.118 e. The fourth-order valence-electron chi connectivity index (χ4n) is 2.06. The van der Waals surface area contributed by atoms with Crippen LogP contribution in [0, 0.1) is 6.92 Å². The van der Waals surface area contributed by atoms with Gasteiger partial charge in [0.05, 0.1) is 0 Å². The number of fused-ring (bicyclic) bond motifs is 1. The molecule has 18 heavy (non-hydrogen) atoms. The molecular weight excluding hydrogens is 257 g/mol. The molecule has 0 saturated heterocycles. The average Bonchev–Trinajstić information content (AvgIpc) is 2.51. The molecule has 1 atom stereocenters. The van der Waals surface area contributed by atoms with Crippen LogP contribution in [0.3, 0.4) is 0 Å². The highest BCUT2D eigenvalue weighted by molar-refractivity contribution is 7.39. The van der Waals surface area contributed by atoms with E-state index in [1.165, 1.54) is 0 Å². The summed E-state index contributed by atoms with van der Waals surface area (Å²) in [6.45, 7) is 1.82. The van der Waals surface area contributed by atoms with Crippen molar-refractivity contribution in [2.24, 2.45) is 0 Å². The van der Waals surface area contributed by atoms with Crippen LogP contribution in [0.4, 0.5) is 13.2 Å². The summed E-state index contributed by atoms with van der Waals surface area (Å²) in [6.07, 6.45) is 5.23. The first-order valence-corrected chi connectivity index (χ1v) is 6.71. The summed E-state index contributed by atoms with van der Waals surface area (Å²) in [7, 11) is -1.80. The number of alkyl halides is 3. The van der Waals surface area contributed by atoms with Crippen molar-refractivity contribution in [2.75, 3.05) is 0 Å². The second kappa shape index (κ2) is 3.72. The van der Waals surface area contributed by atoms with Gasteiger partial charge in [-0.25, -0.2) is 0 Å². The van der Waals surface area contributed by atoms with E-state index in [2.05, 4.69) is 0 Å². The molecule has 1 aromatic heterocycles.